The number of nitrogens with one attached hydrogen (secondary N) is 2. The Morgan fingerprint density at radius 2 is 1.66 bits per heavy atom. The van der Waals surface area contributed by atoms with Crippen LogP contribution in [0, 0.1) is 11.6 Å². The maximum Gasteiger partial charge on any atom is 0.273 e. The Kier molecular flexibility index (Phi) is 7.61. The van der Waals surface area contributed by atoms with Crippen molar-refractivity contribution in [2.75, 3.05) is 25.5 Å². The normalized spacial score (nSPS) is 14.4. The topological polar surface area (TPSA) is 96.5 Å². The van der Waals surface area contributed by atoms with E-state index in [9.17, 15) is 18.4 Å². The number of anilines is 1. The van der Waals surface area contributed by atoms with Gasteiger partial charge in [0.2, 0.25) is 0 Å². The first-order valence-electron chi connectivity index (χ1n) is 11.2. The average molecular weight is 482 g/mol. The first-order valence-corrected chi connectivity index (χ1v) is 11.2. The van der Waals surface area contributed by atoms with E-state index in [1.807, 2.05) is 4.90 Å². The van der Waals surface area contributed by atoms with E-state index in [0.29, 0.717) is 37.2 Å². The van der Waals surface area contributed by atoms with Gasteiger partial charge in [0.05, 0.1) is 7.11 Å². The van der Waals surface area contributed by atoms with Gasteiger partial charge in [-0.2, -0.15) is 0 Å². The zero-order valence-electron chi connectivity index (χ0n) is 19.1. The number of piperidine rings is 1. The standard InChI is InChI=1S/C25H25F2N5O3/c1-35-18-7-5-16(6-8-18)24(33)31-23-22(28-11-12-29-23)25(34)30-17-9-13-32(14-10-17)15-19-20(26)3-2-4-21(19)27/h2-8,11-12,17H,9-10,13-15H2,1H3,(H,30,34)(H,29,31,33). The highest BCUT2D eigenvalue weighted by atomic mass is 19.1. The van der Waals surface area contributed by atoms with Gasteiger partial charge in [-0.15, -0.1) is 0 Å². The van der Waals surface area contributed by atoms with Gasteiger partial charge in [0.15, 0.2) is 11.5 Å². The van der Waals surface area contributed by atoms with Crippen LogP contribution in [0.15, 0.2) is 54.9 Å². The number of carbonyl (C=O) groups excluding carboxylic acids is 2. The van der Waals surface area contributed by atoms with Gasteiger partial charge >= 0.3 is 0 Å². The molecule has 1 saturated heterocycles. The van der Waals surface area contributed by atoms with Crippen LogP contribution in [0.1, 0.15) is 39.3 Å². The summed E-state index contributed by atoms with van der Waals surface area (Å²) in [6.07, 6.45) is 3.98. The lowest BCUT2D eigenvalue weighted by Gasteiger charge is -2.32. The Morgan fingerprint density at radius 3 is 2.31 bits per heavy atom. The molecule has 1 aliphatic rings. The number of methoxy groups -OCH3 is 1. The Morgan fingerprint density at radius 1 is 1.00 bits per heavy atom. The summed E-state index contributed by atoms with van der Waals surface area (Å²) in [5.41, 5.74) is 0.429. The monoisotopic (exact) mass is 481 g/mol. The number of hydrogen-bond donors (Lipinski definition) is 2. The first kappa shape index (κ1) is 24.2. The number of hydrogen-bond acceptors (Lipinski definition) is 6. The van der Waals surface area contributed by atoms with E-state index < -0.39 is 23.4 Å². The fourth-order valence-corrected chi connectivity index (χ4v) is 3.91. The van der Waals surface area contributed by atoms with Gasteiger partial charge in [0.25, 0.3) is 11.8 Å². The minimum Gasteiger partial charge on any atom is -0.497 e. The van der Waals surface area contributed by atoms with Crippen LogP contribution >= 0.6 is 0 Å². The second kappa shape index (κ2) is 11.0. The molecule has 4 rings (SSSR count). The molecule has 0 bridgehead atoms. The molecule has 10 heteroatoms. The van der Waals surface area contributed by atoms with Crippen LogP contribution in [0.4, 0.5) is 14.6 Å². The van der Waals surface area contributed by atoms with Crippen LogP contribution in [0.3, 0.4) is 0 Å². The summed E-state index contributed by atoms with van der Waals surface area (Å²) < 4.78 is 33.0. The number of nitrogens with zero attached hydrogens (tertiary/aromatic N) is 3. The Balaban J connectivity index is 1.34. The molecular formula is C25H25F2N5O3. The fourth-order valence-electron chi connectivity index (χ4n) is 3.91. The van der Waals surface area contributed by atoms with Crippen molar-refractivity contribution in [3.05, 3.63) is 83.3 Å². The summed E-state index contributed by atoms with van der Waals surface area (Å²) in [6, 6.07) is 10.2. The van der Waals surface area contributed by atoms with Crippen LogP contribution in [-0.4, -0.2) is 52.9 Å². The van der Waals surface area contributed by atoms with Crippen molar-refractivity contribution in [1.82, 2.24) is 20.2 Å². The van der Waals surface area contributed by atoms with E-state index in [2.05, 4.69) is 20.6 Å². The number of ether oxygens (including phenoxy) is 1. The van der Waals surface area contributed by atoms with Crippen molar-refractivity contribution in [2.45, 2.75) is 25.4 Å². The van der Waals surface area contributed by atoms with Crippen LogP contribution in [0.5, 0.6) is 5.75 Å². The quantitative estimate of drug-likeness (QED) is 0.537. The molecule has 8 nitrogen and oxygen atoms in total. The zero-order chi connectivity index (χ0) is 24.8. The molecule has 3 aromatic rings. The molecular weight excluding hydrogens is 456 g/mol. The van der Waals surface area contributed by atoms with Crippen LogP contribution in [0.2, 0.25) is 0 Å². The SMILES string of the molecule is COc1ccc(C(=O)Nc2nccnc2C(=O)NC2CCN(Cc3c(F)cccc3F)CC2)cc1. The summed E-state index contributed by atoms with van der Waals surface area (Å²) >= 11 is 0. The number of likely N-dealkylation sites (tertiary alicyclic amines) is 1. The van der Waals surface area contributed by atoms with Gasteiger partial charge in [-0.05, 0) is 49.2 Å². The molecule has 1 fully saturated rings. The molecule has 2 amide bonds. The number of aromatic nitrogens is 2. The van der Waals surface area contributed by atoms with Gasteiger partial charge in [-0.25, -0.2) is 18.7 Å². The number of halogens is 2. The van der Waals surface area contributed by atoms with E-state index in [0.717, 1.165) is 0 Å². The lowest BCUT2D eigenvalue weighted by atomic mass is 10.0. The Labute approximate surface area is 201 Å². The summed E-state index contributed by atoms with van der Waals surface area (Å²) in [5.74, 6) is -1.35. The van der Waals surface area contributed by atoms with Crippen molar-refractivity contribution in [3.8, 4) is 5.75 Å². The molecule has 0 saturated carbocycles. The number of amides is 2. The summed E-state index contributed by atoms with van der Waals surface area (Å²) in [7, 11) is 1.53. The van der Waals surface area contributed by atoms with Crippen LogP contribution in [-0.2, 0) is 6.54 Å². The molecule has 0 aliphatic carbocycles. The Hall–Kier alpha value is -3.92. The van der Waals surface area contributed by atoms with Gasteiger partial charge < -0.3 is 15.4 Å². The molecule has 1 aromatic heterocycles. The highest BCUT2D eigenvalue weighted by Crippen LogP contribution is 2.19. The predicted molar refractivity (Wildman–Crippen MR) is 125 cm³/mol. The lowest BCUT2D eigenvalue weighted by molar-refractivity contribution is 0.0904. The second-order valence-electron chi connectivity index (χ2n) is 8.16. The number of benzene rings is 2. The summed E-state index contributed by atoms with van der Waals surface area (Å²) in [4.78, 5) is 35.7. The fraction of sp³-hybridized carbons (Fsp3) is 0.280. The predicted octanol–water partition coefficient (Wildman–Crippen LogP) is 3.41. The Bertz CT molecular complexity index is 1180. The van der Waals surface area contributed by atoms with Crippen molar-refractivity contribution in [3.63, 3.8) is 0 Å². The molecule has 2 N–H and O–H groups in total. The van der Waals surface area contributed by atoms with E-state index >= 15 is 0 Å². The van der Waals surface area contributed by atoms with E-state index in [-0.39, 0.29) is 29.7 Å². The zero-order valence-corrected chi connectivity index (χ0v) is 19.1. The van der Waals surface area contributed by atoms with Gasteiger partial charge in [-0.1, -0.05) is 6.07 Å². The highest BCUT2D eigenvalue weighted by molar-refractivity contribution is 6.07. The minimum atomic E-state index is -0.563. The van der Waals surface area contributed by atoms with Crippen molar-refractivity contribution in [1.29, 1.82) is 0 Å². The largest absolute Gasteiger partial charge is 0.497 e. The highest BCUT2D eigenvalue weighted by Gasteiger charge is 2.25. The first-order chi connectivity index (χ1) is 16.9. The van der Waals surface area contributed by atoms with E-state index in [1.54, 1.807) is 24.3 Å². The molecule has 2 aromatic carbocycles. The maximum atomic E-state index is 13.9. The molecule has 0 atom stereocenters. The smallest absolute Gasteiger partial charge is 0.273 e. The number of rotatable bonds is 7. The third-order valence-electron chi connectivity index (χ3n) is 5.86. The molecule has 1 aliphatic heterocycles. The third-order valence-corrected chi connectivity index (χ3v) is 5.86. The second-order valence-corrected chi connectivity index (χ2v) is 8.16. The lowest BCUT2D eigenvalue weighted by Crippen LogP contribution is -2.44. The molecule has 35 heavy (non-hydrogen) atoms. The average Bonchev–Trinajstić information content (AvgIpc) is 2.87. The minimum absolute atomic E-state index is 0.00483. The van der Waals surface area contributed by atoms with E-state index in [4.69, 9.17) is 4.74 Å². The molecule has 0 unspecified atom stereocenters. The van der Waals surface area contributed by atoms with E-state index in [1.165, 1.54) is 37.7 Å². The van der Waals surface area contributed by atoms with Gasteiger partial charge in [-0.3, -0.25) is 14.5 Å². The van der Waals surface area contributed by atoms with Gasteiger partial charge in [0.1, 0.15) is 17.4 Å². The number of carbonyl (C=O) groups is 2. The van der Waals surface area contributed by atoms with Crippen LogP contribution in [0.25, 0.3) is 0 Å². The van der Waals surface area contributed by atoms with Crippen LogP contribution < -0.4 is 15.4 Å². The summed E-state index contributed by atoms with van der Waals surface area (Å²) in [6.45, 7) is 1.31. The molecule has 2 heterocycles. The van der Waals surface area contributed by atoms with Crippen molar-refractivity contribution in [2.24, 2.45) is 0 Å². The van der Waals surface area contributed by atoms with Crippen molar-refractivity contribution >= 4 is 17.6 Å². The maximum absolute atomic E-state index is 13.9. The third kappa shape index (κ3) is 5.96. The molecule has 182 valence electrons. The molecule has 0 radical (unpaired) electrons. The molecule has 0 spiro atoms. The van der Waals surface area contributed by atoms with Crippen molar-refractivity contribution < 1.29 is 23.1 Å². The van der Waals surface area contributed by atoms with Gasteiger partial charge in [0, 0.05) is 49.2 Å². The summed E-state index contributed by atoms with van der Waals surface area (Å²) in [5, 5.41) is 5.56.